The second kappa shape index (κ2) is 5.65. The van der Waals surface area contributed by atoms with Gasteiger partial charge < -0.3 is 15.2 Å². The molecule has 1 aliphatic heterocycles. The van der Waals surface area contributed by atoms with Crippen LogP contribution < -0.4 is 10.1 Å². The molecule has 0 spiro atoms. The van der Waals surface area contributed by atoms with Crippen LogP contribution in [0.25, 0.3) is 0 Å². The van der Waals surface area contributed by atoms with Crippen LogP contribution in [-0.4, -0.2) is 49.4 Å². The van der Waals surface area contributed by atoms with E-state index in [2.05, 4.69) is 5.32 Å². The maximum absolute atomic E-state index is 13.8. The van der Waals surface area contributed by atoms with Gasteiger partial charge in [0.2, 0.25) is 0 Å². The average molecular weight is 254 g/mol. The molecular formula is C13H19FN2O2. The first-order valence-corrected chi connectivity index (χ1v) is 6.03. The van der Waals surface area contributed by atoms with Crippen molar-refractivity contribution in [3.8, 4) is 5.75 Å². The SMILES string of the molecule is COc1ccc(CN(C)[C@H]2CNC[C@@H]2O)c(F)c1. The fourth-order valence-corrected chi connectivity index (χ4v) is 2.27. The Balaban J connectivity index is 2.04. The molecule has 2 N–H and O–H groups in total. The molecule has 0 saturated carbocycles. The average Bonchev–Trinajstić information content (AvgIpc) is 2.78. The van der Waals surface area contributed by atoms with Gasteiger partial charge in [-0.25, -0.2) is 4.39 Å². The summed E-state index contributed by atoms with van der Waals surface area (Å²) in [7, 11) is 3.41. The van der Waals surface area contributed by atoms with E-state index in [9.17, 15) is 9.50 Å². The molecule has 1 aliphatic rings. The summed E-state index contributed by atoms with van der Waals surface area (Å²) in [5.74, 6) is 0.239. The number of hydrogen-bond acceptors (Lipinski definition) is 4. The van der Waals surface area contributed by atoms with E-state index in [0.29, 0.717) is 24.4 Å². The Morgan fingerprint density at radius 2 is 2.28 bits per heavy atom. The summed E-state index contributed by atoms with van der Waals surface area (Å²) in [5, 5.41) is 12.9. The third-order valence-corrected chi connectivity index (χ3v) is 3.40. The maximum Gasteiger partial charge on any atom is 0.131 e. The summed E-state index contributed by atoms with van der Waals surface area (Å²) in [6.45, 7) is 1.80. The molecule has 0 bridgehead atoms. The van der Waals surface area contributed by atoms with Crippen LogP contribution in [0.5, 0.6) is 5.75 Å². The third kappa shape index (κ3) is 2.80. The normalized spacial score (nSPS) is 23.6. The minimum absolute atomic E-state index is 0.0338. The zero-order chi connectivity index (χ0) is 13.1. The van der Waals surface area contributed by atoms with Crippen molar-refractivity contribution in [3.63, 3.8) is 0 Å². The van der Waals surface area contributed by atoms with E-state index in [1.807, 2.05) is 11.9 Å². The number of ether oxygens (including phenoxy) is 1. The van der Waals surface area contributed by atoms with Crippen molar-refractivity contribution in [2.24, 2.45) is 0 Å². The fraction of sp³-hybridized carbons (Fsp3) is 0.538. The van der Waals surface area contributed by atoms with Gasteiger partial charge in [-0.15, -0.1) is 0 Å². The summed E-state index contributed by atoms with van der Waals surface area (Å²) in [5.41, 5.74) is 0.609. The Kier molecular flexibility index (Phi) is 4.16. The van der Waals surface area contributed by atoms with E-state index >= 15 is 0 Å². The summed E-state index contributed by atoms with van der Waals surface area (Å²) < 4.78 is 18.8. The minimum Gasteiger partial charge on any atom is -0.497 e. The Hall–Kier alpha value is -1.17. The van der Waals surface area contributed by atoms with Gasteiger partial charge >= 0.3 is 0 Å². The fourth-order valence-electron chi connectivity index (χ4n) is 2.27. The molecular weight excluding hydrogens is 235 g/mol. The molecule has 4 nitrogen and oxygen atoms in total. The van der Waals surface area contributed by atoms with Crippen LogP contribution in [-0.2, 0) is 6.54 Å². The van der Waals surface area contributed by atoms with Crippen LogP contribution in [0.3, 0.4) is 0 Å². The number of β-amino-alcohol motifs (C(OH)–C–C–N with tert-alkyl or cyclic N) is 1. The zero-order valence-corrected chi connectivity index (χ0v) is 10.7. The molecule has 5 heteroatoms. The summed E-state index contributed by atoms with van der Waals surface area (Å²) in [4.78, 5) is 1.97. The quantitative estimate of drug-likeness (QED) is 0.826. The summed E-state index contributed by atoms with van der Waals surface area (Å²) in [6.07, 6.45) is -0.392. The molecule has 1 aromatic carbocycles. The molecule has 1 fully saturated rings. The van der Waals surface area contributed by atoms with Crippen LogP contribution >= 0.6 is 0 Å². The second-order valence-corrected chi connectivity index (χ2v) is 4.67. The lowest BCUT2D eigenvalue weighted by Gasteiger charge is -2.26. The van der Waals surface area contributed by atoms with Gasteiger partial charge in [0, 0.05) is 37.3 Å². The number of rotatable bonds is 4. The van der Waals surface area contributed by atoms with Gasteiger partial charge in [-0.3, -0.25) is 4.90 Å². The lowest BCUT2D eigenvalue weighted by Crippen LogP contribution is -2.40. The molecule has 18 heavy (non-hydrogen) atoms. The smallest absolute Gasteiger partial charge is 0.131 e. The number of aliphatic hydroxyl groups is 1. The van der Waals surface area contributed by atoms with Crippen LogP contribution in [0.4, 0.5) is 4.39 Å². The molecule has 1 saturated heterocycles. The molecule has 0 radical (unpaired) electrons. The largest absolute Gasteiger partial charge is 0.497 e. The number of benzene rings is 1. The van der Waals surface area contributed by atoms with Crippen molar-refractivity contribution < 1.29 is 14.2 Å². The van der Waals surface area contributed by atoms with Gasteiger partial charge in [0.15, 0.2) is 0 Å². The number of nitrogens with one attached hydrogen (secondary N) is 1. The van der Waals surface area contributed by atoms with Gasteiger partial charge in [-0.2, -0.15) is 0 Å². The highest BCUT2D eigenvalue weighted by Gasteiger charge is 2.28. The predicted octanol–water partition coefficient (Wildman–Crippen LogP) is 0.599. The molecule has 0 unspecified atom stereocenters. The second-order valence-electron chi connectivity index (χ2n) is 4.67. The Morgan fingerprint density at radius 3 is 2.83 bits per heavy atom. The number of likely N-dealkylation sites (N-methyl/N-ethyl adjacent to an activating group) is 1. The molecule has 100 valence electrons. The molecule has 2 atom stereocenters. The van der Waals surface area contributed by atoms with Gasteiger partial charge in [0.25, 0.3) is 0 Å². The highest BCUT2D eigenvalue weighted by molar-refractivity contribution is 5.28. The van der Waals surface area contributed by atoms with Crippen molar-refractivity contribution in [3.05, 3.63) is 29.6 Å². The van der Waals surface area contributed by atoms with Crippen molar-refractivity contribution >= 4 is 0 Å². The monoisotopic (exact) mass is 254 g/mol. The maximum atomic E-state index is 13.8. The van der Waals surface area contributed by atoms with E-state index in [4.69, 9.17) is 4.74 Å². The summed E-state index contributed by atoms with van der Waals surface area (Å²) in [6, 6.07) is 4.88. The lowest BCUT2D eigenvalue weighted by molar-refractivity contribution is 0.0949. The van der Waals surface area contributed by atoms with Crippen molar-refractivity contribution in [1.29, 1.82) is 0 Å². The molecule has 2 rings (SSSR count). The third-order valence-electron chi connectivity index (χ3n) is 3.40. The van der Waals surface area contributed by atoms with E-state index < -0.39 is 6.10 Å². The lowest BCUT2D eigenvalue weighted by atomic mass is 10.1. The topological polar surface area (TPSA) is 44.7 Å². The van der Waals surface area contributed by atoms with Crippen LogP contribution in [0.15, 0.2) is 18.2 Å². The minimum atomic E-state index is -0.392. The van der Waals surface area contributed by atoms with Gasteiger partial charge in [0.05, 0.1) is 13.2 Å². The Bertz CT molecular complexity index is 414. The standard InChI is InChI=1S/C13H19FN2O2/c1-16(12-6-15-7-13(12)17)8-9-3-4-10(18-2)5-11(9)14/h3-5,12-13,15,17H,6-8H2,1-2H3/t12-,13-/m0/s1. The Labute approximate surface area is 106 Å². The molecule has 0 aromatic heterocycles. The van der Waals surface area contributed by atoms with Crippen LogP contribution in [0.1, 0.15) is 5.56 Å². The molecule has 1 heterocycles. The van der Waals surface area contributed by atoms with Crippen molar-refractivity contribution in [1.82, 2.24) is 10.2 Å². The first-order valence-electron chi connectivity index (χ1n) is 6.03. The summed E-state index contributed by atoms with van der Waals surface area (Å²) >= 11 is 0. The first-order chi connectivity index (χ1) is 8.61. The molecule has 0 aliphatic carbocycles. The van der Waals surface area contributed by atoms with Crippen LogP contribution in [0.2, 0.25) is 0 Å². The van der Waals surface area contributed by atoms with Crippen LogP contribution in [0, 0.1) is 5.82 Å². The van der Waals surface area contributed by atoms with Crippen molar-refractivity contribution in [2.45, 2.75) is 18.7 Å². The van der Waals surface area contributed by atoms with Gasteiger partial charge in [-0.1, -0.05) is 6.07 Å². The van der Waals surface area contributed by atoms with E-state index in [-0.39, 0.29) is 11.9 Å². The van der Waals surface area contributed by atoms with E-state index in [0.717, 1.165) is 6.54 Å². The highest BCUT2D eigenvalue weighted by atomic mass is 19.1. The first kappa shape index (κ1) is 13.3. The number of aliphatic hydroxyl groups excluding tert-OH is 1. The number of methoxy groups -OCH3 is 1. The number of hydrogen-bond donors (Lipinski definition) is 2. The number of nitrogens with zero attached hydrogens (tertiary/aromatic N) is 1. The highest BCUT2D eigenvalue weighted by Crippen LogP contribution is 2.19. The van der Waals surface area contributed by atoms with Crippen molar-refractivity contribution in [2.75, 3.05) is 27.2 Å². The van der Waals surface area contributed by atoms with E-state index in [1.165, 1.54) is 13.2 Å². The van der Waals surface area contributed by atoms with Gasteiger partial charge in [0.1, 0.15) is 11.6 Å². The molecule has 1 aromatic rings. The van der Waals surface area contributed by atoms with Gasteiger partial charge in [-0.05, 0) is 13.1 Å². The van der Waals surface area contributed by atoms with E-state index in [1.54, 1.807) is 12.1 Å². The molecule has 0 amide bonds. The number of halogens is 1. The zero-order valence-electron chi connectivity index (χ0n) is 10.7. The predicted molar refractivity (Wildman–Crippen MR) is 67.1 cm³/mol. The Morgan fingerprint density at radius 1 is 1.50 bits per heavy atom.